The molecule has 0 saturated heterocycles. The van der Waals surface area contributed by atoms with Gasteiger partial charge in [-0.25, -0.2) is 8.78 Å². The number of ketones is 1. The maximum absolute atomic E-state index is 13.4. The van der Waals surface area contributed by atoms with Crippen LogP contribution in [0.2, 0.25) is 0 Å². The molecule has 0 radical (unpaired) electrons. The fourth-order valence-electron chi connectivity index (χ4n) is 1.92. The van der Waals surface area contributed by atoms with E-state index in [1.807, 2.05) is 12.1 Å². The van der Waals surface area contributed by atoms with Crippen LogP contribution >= 0.6 is 0 Å². The van der Waals surface area contributed by atoms with Gasteiger partial charge < -0.3 is 9.15 Å². The number of hydrogen-bond acceptors (Lipinski definition) is 3. The number of halogens is 2. The van der Waals surface area contributed by atoms with Crippen LogP contribution in [0, 0.1) is 11.6 Å². The van der Waals surface area contributed by atoms with Crippen molar-refractivity contribution in [1.29, 1.82) is 0 Å². The lowest BCUT2D eigenvalue weighted by molar-refractivity contribution is 0.0893. The molecule has 1 aromatic heterocycles. The van der Waals surface area contributed by atoms with Gasteiger partial charge in [0.2, 0.25) is 5.78 Å². The fraction of sp³-hybridized carbons (Fsp3) is 0.0625. The highest BCUT2D eigenvalue weighted by molar-refractivity contribution is 5.98. The Hall–Kier alpha value is -2.69. The minimum absolute atomic E-state index is 0.119. The Bertz CT molecular complexity index is 775. The quantitative estimate of drug-likeness (QED) is 0.682. The van der Waals surface area contributed by atoms with Crippen molar-refractivity contribution in [2.24, 2.45) is 0 Å². The molecule has 0 N–H and O–H groups in total. The first kappa shape index (κ1) is 13.3. The summed E-state index contributed by atoms with van der Waals surface area (Å²) < 4.78 is 36.7. The lowest BCUT2D eigenvalue weighted by Gasteiger charge is -2.05. The van der Waals surface area contributed by atoms with Crippen molar-refractivity contribution < 1.29 is 22.7 Å². The number of para-hydroxylation sites is 1. The van der Waals surface area contributed by atoms with E-state index in [0.29, 0.717) is 5.58 Å². The average Bonchev–Trinajstić information content (AvgIpc) is 2.92. The van der Waals surface area contributed by atoms with Crippen molar-refractivity contribution in [2.45, 2.75) is 0 Å². The number of ether oxygens (including phenoxy) is 1. The SMILES string of the molecule is O=C(COc1cc(F)ccc1F)c1cc2ccccc2o1. The van der Waals surface area contributed by atoms with Crippen LogP contribution in [0.1, 0.15) is 10.6 Å². The van der Waals surface area contributed by atoms with Crippen molar-refractivity contribution in [3.8, 4) is 5.75 Å². The molecule has 3 aromatic rings. The molecule has 0 amide bonds. The highest BCUT2D eigenvalue weighted by atomic mass is 19.1. The molecule has 0 aliphatic heterocycles. The Kier molecular flexibility index (Phi) is 3.39. The lowest BCUT2D eigenvalue weighted by atomic mass is 10.2. The molecular formula is C16H10F2O3. The minimum Gasteiger partial charge on any atom is -0.482 e. The molecule has 0 bridgehead atoms. The van der Waals surface area contributed by atoms with Crippen LogP contribution in [0.3, 0.4) is 0 Å². The first-order valence-electron chi connectivity index (χ1n) is 6.23. The topological polar surface area (TPSA) is 39.4 Å². The molecule has 0 unspecified atom stereocenters. The standard InChI is InChI=1S/C16H10F2O3/c17-11-5-6-12(18)15(8-11)20-9-13(19)16-7-10-3-1-2-4-14(10)21-16/h1-8H,9H2. The van der Waals surface area contributed by atoms with E-state index in [-0.39, 0.29) is 11.5 Å². The molecule has 0 aliphatic rings. The van der Waals surface area contributed by atoms with Crippen molar-refractivity contribution in [2.75, 3.05) is 6.61 Å². The third-order valence-corrected chi connectivity index (χ3v) is 2.95. The van der Waals surface area contributed by atoms with Crippen molar-refractivity contribution in [1.82, 2.24) is 0 Å². The maximum Gasteiger partial charge on any atom is 0.235 e. The van der Waals surface area contributed by atoms with Gasteiger partial charge in [0.15, 0.2) is 23.9 Å². The highest BCUT2D eigenvalue weighted by Gasteiger charge is 2.14. The Balaban J connectivity index is 1.75. The number of carbonyl (C=O) groups excluding carboxylic acids is 1. The Morgan fingerprint density at radius 2 is 1.90 bits per heavy atom. The molecule has 106 valence electrons. The number of hydrogen-bond donors (Lipinski definition) is 0. The summed E-state index contributed by atoms with van der Waals surface area (Å²) in [4.78, 5) is 11.9. The normalized spacial score (nSPS) is 10.8. The Labute approximate surface area is 118 Å². The number of furan rings is 1. The van der Waals surface area contributed by atoms with E-state index < -0.39 is 24.0 Å². The van der Waals surface area contributed by atoms with Crippen molar-refractivity contribution in [3.05, 3.63) is 65.9 Å². The predicted octanol–water partition coefficient (Wildman–Crippen LogP) is 3.97. The number of carbonyl (C=O) groups is 1. The molecular weight excluding hydrogens is 278 g/mol. The van der Waals surface area contributed by atoms with Gasteiger partial charge in [0.25, 0.3) is 0 Å². The predicted molar refractivity (Wildman–Crippen MR) is 72.4 cm³/mol. The number of Topliss-reactive ketones (excluding diaryl/α,β-unsaturated/α-hetero) is 1. The molecule has 2 aromatic carbocycles. The number of rotatable bonds is 4. The molecule has 0 atom stereocenters. The van der Waals surface area contributed by atoms with E-state index in [0.717, 1.165) is 23.6 Å². The van der Waals surface area contributed by atoms with Crippen LogP contribution in [0.4, 0.5) is 8.78 Å². The third-order valence-electron chi connectivity index (χ3n) is 2.95. The van der Waals surface area contributed by atoms with Crippen LogP contribution in [0.25, 0.3) is 11.0 Å². The fourth-order valence-corrected chi connectivity index (χ4v) is 1.92. The molecule has 21 heavy (non-hydrogen) atoms. The maximum atomic E-state index is 13.4. The molecule has 0 saturated carbocycles. The summed E-state index contributed by atoms with van der Waals surface area (Å²) in [5, 5.41) is 0.790. The molecule has 0 aliphatic carbocycles. The summed E-state index contributed by atoms with van der Waals surface area (Å²) in [6.45, 7) is -0.430. The third kappa shape index (κ3) is 2.76. The van der Waals surface area contributed by atoms with Gasteiger partial charge in [0.1, 0.15) is 11.4 Å². The van der Waals surface area contributed by atoms with Crippen LogP contribution in [-0.4, -0.2) is 12.4 Å². The van der Waals surface area contributed by atoms with E-state index in [9.17, 15) is 13.6 Å². The Morgan fingerprint density at radius 3 is 2.71 bits per heavy atom. The van der Waals surface area contributed by atoms with Gasteiger partial charge in [-0.15, -0.1) is 0 Å². The molecule has 0 fully saturated rings. The summed E-state index contributed by atoms with van der Waals surface area (Å²) >= 11 is 0. The molecule has 1 heterocycles. The first-order chi connectivity index (χ1) is 10.1. The van der Waals surface area contributed by atoms with Crippen LogP contribution in [-0.2, 0) is 0 Å². The summed E-state index contributed by atoms with van der Waals surface area (Å²) in [6.07, 6.45) is 0. The summed E-state index contributed by atoms with van der Waals surface area (Å²) in [7, 11) is 0. The first-order valence-corrected chi connectivity index (χ1v) is 6.23. The van der Waals surface area contributed by atoms with Gasteiger partial charge in [-0.1, -0.05) is 18.2 Å². The van der Waals surface area contributed by atoms with Gasteiger partial charge in [-0.05, 0) is 24.3 Å². The second-order valence-electron chi connectivity index (χ2n) is 4.44. The van der Waals surface area contributed by atoms with Crippen LogP contribution in [0.15, 0.2) is 52.9 Å². The largest absolute Gasteiger partial charge is 0.482 e. The van der Waals surface area contributed by atoms with Crippen molar-refractivity contribution >= 4 is 16.8 Å². The summed E-state index contributed by atoms with van der Waals surface area (Å²) in [6, 6.07) is 11.6. The van der Waals surface area contributed by atoms with Gasteiger partial charge in [0, 0.05) is 11.5 Å². The summed E-state index contributed by atoms with van der Waals surface area (Å²) in [5.74, 6) is -2.00. The van der Waals surface area contributed by atoms with E-state index in [2.05, 4.69) is 0 Å². The lowest BCUT2D eigenvalue weighted by Crippen LogP contribution is -2.11. The zero-order valence-corrected chi connectivity index (χ0v) is 10.8. The molecule has 3 rings (SSSR count). The number of benzene rings is 2. The van der Waals surface area contributed by atoms with E-state index in [1.54, 1.807) is 18.2 Å². The minimum atomic E-state index is -0.728. The smallest absolute Gasteiger partial charge is 0.235 e. The van der Waals surface area contributed by atoms with Crippen LogP contribution in [0.5, 0.6) is 5.75 Å². The van der Waals surface area contributed by atoms with E-state index in [1.165, 1.54) is 0 Å². The van der Waals surface area contributed by atoms with Gasteiger partial charge >= 0.3 is 0 Å². The molecule has 3 nitrogen and oxygen atoms in total. The molecule has 5 heteroatoms. The number of fused-ring (bicyclic) bond motifs is 1. The Morgan fingerprint density at radius 1 is 1.10 bits per heavy atom. The zero-order chi connectivity index (χ0) is 14.8. The highest BCUT2D eigenvalue weighted by Crippen LogP contribution is 2.21. The van der Waals surface area contributed by atoms with Gasteiger partial charge in [0.05, 0.1) is 0 Å². The second-order valence-corrected chi connectivity index (χ2v) is 4.44. The van der Waals surface area contributed by atoms with Gasteiger partial charge in [-0.3, -0.25) is 4.79 Å². The van der Waals surface area contributed by atoms with Crippen LogP contribution < -0.4 is 4.74 Å². The average molecular weight is 288 g/mol. The molecule has 0 spiro atoms. The van der Waals surface area contributed by atoms with Gasteiger partial charge in [-0.2, -0.15) is 0 Å². The zero-order valence-electron chi connectivity index (χ0n) is 10.8. The van der Waals surface area contributed by atoms with E-state index in [4.69, 9.17) is 9.15 Å². The summed E-state index contributed by atoms with van der Waals surface area (Å²) in [5.41, 5.74) is 0.581. The second kappa shape index (κ2) is 5.36. The monoisotopic (exact) mass is 288 g/mol. The van der Waals surface area contributed by atoms with E-state index >= 15 is 0 Å². The van der Waals surface area contributed by atoms with Crippen molar-refractivity contribution in [3.63, 3.8) is 0 Å².